The number of hydrogen-bond acceptors (Lipinski definition) is 3. The van der Waals surface area contributed by atoms with E-state index in [9.17, 15) is 9.18 Å². The molecular weight excluding hydrogens is 221 g/mol. The van der Waals surface area contributed by atoms with E-state index in [1.165, 1.54) is 19.2 Å². The van der Waals surface area contributed by atoms with Gasteiger partial charge in [-0.05, 0) is 44.1 Å². The van der Waals surface area contributed by atoms with Crippen LogP contribution in [0, 0.1) is 11.7 Å². The molecule has 1 N–H and O–H groups in total. The van der Waals surface area contributed by atoms with Gasteiger partial charge >= 0.3 is 0 Å². The number of Topliss-reactive ketones (excluding diaryl/α,β-unsaturated/α-hetero) is 1. The van der Waals surface area contributed by atoms with E-state index in [1.807, 2.05) is 0 Å². The summed E-state index contributed by atoms with van der Waals surface area (Å²) in [5.41, 5.74) is 0.440. The Balaban J connectivity index is 2.16. The molecule has 2 rings (SSSR count). The smallest absolute Gasteiger partial charge is 0.166 e. The second-order valence-electron chi connectivity index (χ2n) is 4.24. The van der Waals surface area contributed by atoms with Crippen LogP contribution in [0.5, 0.6) is 5.75 Å². The summed E-state index contributed by atoms with van der Waals surface area (Å²) in [4.78, 5) is 12.1. The Morgan fingerprint density at radius 3 is 2.71 bits per heavy atom. The van der Waals surface area contributed by atoms with Gasteiger partial charge in [-0.2, -0.15) is 0 Å². The van der Waals surface area contributed by atoms with Gasteiger partial charge in [0.25, 0.3) is 0 Å². The van der Waals surface area contributed by atoms with Crippen molar-refractivity contribution in [1.82, 2.24) is 5.32 Å². The number of carbonyl (C=O) groups is 1. The molecule has 4 heteroatoms. The fourth-order valence-electron chi connectivity index (χ4n) is 2.14. The molecule has 0 bridgehead atoms. The zero-order chi connectivity index (χ0) is 12.3. The Hall–Kier alpha value is -1.42. The molecule has 1 heterocycles. The van der Waals surface area contributed by atoms with Crippen molar-refractivity contribution in [3.8, 4) is 5.75 Å². The molecule has 0 atom stereocenters. The van der Waals surface area contributed by atoms with E-state index in [0.717, 1.165) is 25.9 Å². The summed E-state index contributed by atoms with van der Waals surface area (Å²) >= 11 is 0. The van der Waals surface area contributed by atoms with Gasteiger partial charge in [0, 0.05) is 11.5 Å². The van der Waals surface area contributed by atoms with Crippen LogP contribution in [0.4, 0.5) is 4.39 Å². The van der Waals surface area contributed by atoms with Gasteiger partial charge in [-0.25, -0.2) is 4.39 Å². The van der Waals surface area contributed by atoms with Crippen LogP contribution in [-0.2, 0) is 0 Å². The molecule has 92 valence electrons. The lowest BCUT2D eigenvalue weighted by Crippen LogP contribution is -2.31. The second kappa shape index (κ2) is 5.27. The zero-order valence-electron chi connectivity index (χ0n) is 9.83. The molecular formula is C13H16FNO2. The summed E-state index contributed by atoms with van der Waals surface area (Å²) in [6.07, 6.45) is 1.65. The van der Waals surface area contributed by atoms with Crippen molar-refractivity contribution < 1.29 is 13.9 Å². The normalized spacial score (nSPS) is 16.8. The van der Waals surface area contributed by atoms with Gasteiger partial charge in [-0.3, -0.25) is 4.79 Å². The zero-order valence-corrected chi connectivity index (χ0v) is 9.83. The summed E-state index contributed by atoms with van der Waals surface area (Å²) in [6, 6.07) is 4.40. The monoisotopic (exact) mass is 237 g/mol. The van der Waals surface area contributed by atoms with Gasteiger partial charge in [-0.15, -0.1) is 0 Å². The maximum absolute atomic E-state index is 13.5. The largest absolute Gasteiger partial charge is 0.494 e. The number of rotatable bonds is 3. The molecule has 0 radical (unpaired) electrons. The SMILES string of the molecule is COc1ccc(C(=O)C2CCNCC2)cc1F. The molecule has 1 aromatic rings. The maximum Gasteiger partial charge on any atom is 0.166 e. The molecule has 1 aromatic carbocycles. The number of hydrogen-bond donors (Lipinski definition) is 1. The van der Waals surface area contributed by atoms with Crippen molar-refractivity contribution in [2.24, 2.45) is 5.92 Å². The number of benzene rings is 1. The summed E-state index contributed by atoms with van der Waals surface area (Å²) in [6.45, 7) is 1.71. The number of halogens is 1. The summed E-state index contributed by atoms with van der Waals surface area (Å²) in [5, 5.41) is 3.20. The van der Waals surface area contributed by atoms with E-state index in [1.54, 1.807) is 6.07 Å². The number of ketones is 1. The Morgan fingerprint density at radius 1 is 1.41 bits per heavy atom. The fourth-order valence-corrected chi connectivity index (χ4v) is 2.14. The number of ether oxygens (including phenoxy) is 1. The van der Waals surface area contributed by atoms with Gasteiger partial charge in [0.2, 0.25) is 0 Å². The average molecular weight is 237 g/mol. The lowest BCUT2D eigenvalue weighted by atomic mass is 9.89. The molecule has 3 nitrogen and oxygen atoms in total. The minimum atomic E-state index is -0.479. The van der Waals surface area contributed by atoms with Crippen LogP contribution in [0.2, 0.25) is 0 Å². The van der Waals surface area contributed by atoms with Crippen LogP contribution in [0.15, 0.2) is 18.2 Å². The van der Waals surface area contributed by atoms with Gasteiger partial charge in [0.05, 0.1) is 7.11 Å². The Kier molecular flexibility index (Phi) is 3.74. The first-order valence-corrected chi connectivity index (χ1v) is 5.81. The van der Waals surface area contributed by atoms with E-state index in [4.69, 9.17) is 4.74 Å². The van der Waals surface area contributed by atoms with Crippen molar-refractivity contribution in [2.75, 3.05) is 20.2 Å². The number of methoxy groups -OCH3 is 1. The molecule has 1 aliphatic rings. The van der Waals surface area contributed by atoms with Crippen molar-refractivity contribution >= 4 is 5.78 Å². The topological polar surface area (TPSA) is 38.3 Å². The lowest BCUT2D eigenvalue weighted by molar-refractivity contribution is 0.0894. The van der Waals surface area contributed by atoms with Crippen molar-refractivity contribution in [1.29, 1.82) is 0 Å². The van der Waals surface area contributed by atoms with E-state index in [2.05, 4.69) is 5.32 Å². The standard InChI is InChI=1S/C13H16FNO2/c1-17-12-3-2-10(8-11(12)14)13(16)9-4-6-15-7-5-9/h2-3,8-9,15H,4-7H2,1H3. The first-order chi connectivity index (χ1) is 8.22. The molecule has 0 unspecified atom stereocenters. The first-order valence-electron chi connectivity index (χ1n) is 5.81. The van der Waals surface area contributed by atoms with Gasteiger partial charge in [-0.1, -0.05) is 0 Å². The molecule has 0 aliphatic carbocycles. The van der Waals surface area contributed by atoms with E-state index in [0.29, 0.717) is 5.56 Å². The minimum Gasteiger partial charge on any atom is -0.494 e. The third kappa shape index (κ3) is 2.64. The molecule has 1 aliphatic heterocycles. The summed E-state index contributed by atoms with van der Waals surface area (Å²) < 4.78 is 18.3. The van der Waals surface area contributed by atoms with Crippen molar-refractivity contribution in [2.45, 2.75) is 12.8 Å². The minimum absolute atomic E-state index is 0.0176. The Bertz CT molecular complexity index is 414. The summed E-state index contributed by atoms with van der Waals surface area (Å²) in [7, 11) is 1.41. The van der Waals surface area contributed by atoms with Crippen LogP contribution in [0.1, 0.15) is 23.2 Å². The Labute approximate surface area is 100.0 Å². The highest BCUT2D eigenvalue weighted by atomic mass is 19.1. The Morgan fingerprint density at radius 2 is 2.12 bits per heavy atom. The quantitative estimate of drug-likeness (QED) is 0.817. The van der Waals surface area contributed by atoms with E-state index >= 15 is 0 Å². The van der Waals surface area contributed by atoms with Gasteiger partial charge in [0.1, 0.15) is 0 Å². The van der Waals surface area contributed by atoms with E-state index < -0.39 is 5.82 Å². The highest BCUT2D eigenvalue weighted by Crippen LogP contribution is 2.22. The number of piperidine rings is 1. The highest BCUT2D eigenvalue weighted by Gasteiger charge is 2.22. The van der Waals surface area contributed by atoms with Crippen LogP contribution < -0.4 is 10.1 Å². The highest BCUT2D eigenvalue weighted by molar-refractivity contribution is 5.98. The number of carbonyl (C=O) groups excluding carboxylic acids is 1. The summed E-state index contributed by atoms with van der Waals surface area (Å²) in [5.74, 6) is -0.253. The average Bonchev–Trinajstić information content (AvgIpc) is 2.39. The predicted molar refractivity (Wildman–Crippen MR) is 62.9 cm³/mol. The molecule has 1 saturated heterocycles. The maximum atomic E-state index is 13.5. The molecule has 0 saturated carbocycles. The molecule has 0 amide bonds. The fraction of sp³-hybridized carbons (Fsp3) is 0.462. The van der Waals surface area contributed by atoms with Crippen LogP contribution >= 0.6 is 0 Å². The number of nitrogens with one attached hydrogen (secondary N) is 1. The lowest BCUT2D eigenvalue weighted by Gasteiger charge is -2.21. The molecule has 17 heavy (non-hydrogen) atoms. The second-order valence-corrected chi connectivity index (χ2v) is 4.24. The molecule has 1 fully saturated rings. The predicted octanol–water partition coefficient (Wildman–Crippen LogP) is 2.02. The first kappa shape index (κ1) is 12.0. The third-order valence-corrected chi connectivity index (χ3v) is 3.15. The van der Waals surface area contributed by atoms with Gasteiger partial charge in [0.15, 0.2) is 17.3 Å². The van der Waals surface area contributed by atoms with Crippen LogP contribution in [-0.4, -0.2) is 26.0 Å². The molecule has 0 aromatic heterocycles. The van der Waals surface area contributed by atoms with Crippen LogP contribution in [0.25, 0.3) is 0 Å². The van der Waals surface area contributed by atoms with E-state index in [-0.39, 0.29) is 17.5 Å². The van der Waals surface area contributed by atoms with Crippen molar-refractivity contribution in [3.63, 3.8) is 0 Å². The molecule has 0 spiro atoms. The van der Waals surface area contributed by atoms with Crippen LogP contribution in [0.3, 0.4) is 0 Å². The third-order valence-electron chi connectivity index (χ3n) is 3.15. The van der Waals surface area contributed by atoms with Crippen molar-refractivity contribution in [3.05, 3.63) is 29.6 Å². The van der Waals surface area contributed by atoms with Gasteiger partial charge < -0.3 is 10.1 Å².